The van der Waals surface area contributed by atoms with Gasteiger partial charge in [0, 0.05) is 12.5 Å². The minimum absolute atomic E-state index is 0.395. The number of rotatable bonds is 2. The van der Waals surface area contributed by atoms with Gasteiger partial charge in [-0.15, -0.1) is 0 Å². The van der Waals surface area contributed by atoms with Crippen LogP contribution in [0.3, 0.4) is 0 Å². The average Bonchev–Trinajstić information content (AvgIpc) is 2.07. The first-order valence-electron chi connectivity index (χ1n) is 3.71. The summed E-state index contributed by atoms with van der Waals surface area (Å²) in [7, 11) is 0. The topological polar surface area (TPSA) is 29.4 Å². The Kier molecular flexibility index (Phi) is 2.72. The molecule has 0 saturated carbocycles. The Balaban J connectivity index is 3.26. The highest BCUT2D eigenvalue weighted by Gasteiger charge is 2.25. The van der Waals surface area contributed by atoms with Crippen molar-refractivity contribution in [1.82, 2.24) is 0 Å². The molecule has 0 bridgehead atoms. The van der Waals surface area contributed by atoms with E-state index < -0.39 is 23.0 Å². The zero-order chi connectivity index (χ0) is 10.8. The molecule has 0 fully saturated rings. The van der Waals surface area contributed by atoms with Crippen molar-refractivity contribution in [3.8, 4) is 0 Å². The van der Waals surface area contributed by atoms with E-state index in [4.69, 9.17) is 0 Å². The number of nitrogens with zero attached hydrogens (tertiary/aromatic N) is 1. The van der Waals surface area contributed by atoms with Crippen LogP contribution in [0, 0.1) is 5.82 Å². The summed E-state index contributed by atoms with van der Waals surface area (Å²) in [5, 5.41) is 0. The third-order valence-electron chi connectivity index (χ3n) is 1.62. The average molecular weight is 201 g/mol. The molecule has 0 heterocycles. The van der Waals surface area contributed by atoms with Crippen molar-refractivity contribution in [3.63, 3.8) is 0 Å². The molecule has 14 heavy (non-hydrogen) atoms. The lowest BCUT2D eigenvalue weighted by Crippen LogP contribution is -2.06. The van der Waals surface area contributed by atoms with E-state index in [1.165, 1.54) is 0 Å². The molecule has 0 atom stereocenters. The number of carbonyl (C=O) groups excluding carboxylic acids is 1. The third-order valence-corrected chi connectivity index (χ3v) is 1.62. The Bertz CT molecular complexity index is 392. The number of benzene rings is 1. The fraction of sp³-hybridized carbons (Fsp3) is 0.222. The molecule has 2 nitrogen and oxygen atoms in total. The molecule has 0 aromatic heterocycles. The lowest BCUT2D eigenvalue weighted by atomic mass is 10.1. The summed E-state index contributed by atoms with van der Waals surface area (Å²) in [5.74, 6) is -3.91. The highest BCUT2D eigenvalue weighted by atomic mass is 19.3. The molecule has 1 aromatic rings. The van der Waals surface area contributed by atoms with Gasteiger partial charge in [-0.2, -0.15) is 4.99 Å². The van der Waals surface area contributed by atoms with Crippen molar-refractivity contribution < 1.29 is 18.0 Å². The maximum atomic E-state index is 12.8. The van der Waals surface area contributed by atoms with Crippen LogP contribution in [-0.2, 0) is 10.7 Å². The predicted octanol–water partition coefficient (Wildman–Crippen LogP) is 2.90. The zero-order valence-electron chi connectivity index (χ0n) is 7.22. The molecule has 1 rings (SSSR count). The van der Waals surface area contributed by atoms with Gasteiger partial charge in [0.1, 0.15) is 11.5 Å². The number of isocyanates is 1. The molecule has 0 aliphatic rings. The Morgan fingerprint density at radius 1 is 1.43 bits per heavy atom. The zero-order valence-corrected chi connectivity index (χ0v) is 7.22. The number of alkyl halides is 2. The minimum atomic E-state index is -3.08. The normalized spacial score (nSPS) is 10.9. The van der Waals surface area contributed by atoms with Crippen molar-refractivity contribution in [2.75, 3.05) is 0 Å². The van der Waals surface area contributed by atoms with Crippen LogP contribution in [0.5, 0.6) is 0 Å². The van der Waals surface area contributed by atoms with Crippen LogP contribution in [0.1, 0.15) is 12.5 Å². The first kappa shape index (κ1) is 10.5. The van der Waals surface area contributed by atoms with Gasteiger partial charge in [-0.25, -0.2) is 18.0 Å². The molecular formula is C9H6F3NO. The van der Waals surface area contributed by atoms with Crippen LogP contribution in [0.4, 0.5) is 18.9 Å². The number of hydrogen-bond donors (Lipinski definition) is 0. The summed E-state index contributed by atoms with van der Waals surface area (Å²) in [5.41, 5.74) is -0.827. The molecule has 0 radical (unpaired) electrons. The summed E-state index contributed by atoms with van der Waals surface area (Å²) in [6.45, 7) is 0.675. The van der Waals surface area contributed by atoms with Gasteiger partial charge >= 0.3 is 0 Å². The van der Waals surface area contributed by atoms with Gasteiger partial charge in [-0.3, -0.25) is 0 Å². The minimum Gasteiger partial charge on any atom is -0.211 e. The monoisotopic (exact) mass is 201 g/mol. The fourth-order valence-corrected chi connectivity index (χ4v) is 0.921. The first-order chi connectivity index (χ1) is 6.45. The van der Waals surface area contributed by atoms with E-state index in [-0.39, 0.29) is 0 Å². The van der Waals surface area contributed by atoms with E-state index in [1.807, 2.05) is 0 Å². The van der Waals surface area contributed by atoms with Crippen LogP contribution < -0.4 is 0 Å². The van der Waals surface area contributed by atoms with Crippen LogP contribution >= 0.6 is 0 Å². The summed E-state index contributed by atoms with van der Waals surface area (Å²) in [6, 6.07) is 2.60. The van der Waals surface area contributed by atoms with Crippen molar-refractivity contribution >= 4 is 11.8 Å². The molecule has 0 N–H and O–H groups in total. The Morgan fingerprint density at radius 3 is 2.57 bits per heavy atom. The van der Waals surface area contributed by atoms with Gasteiger partial charge < -0.3 is 0 Å². The second-order valence-corrected chi connectivity index (χ2v) is 2.76. The largest absolute Gasteiger partial charge is 0.270 e. The third kappa shape index (κ3) is 2.20. The second-order valence-electron chi connectivity index (χ2n) is 2.76. The molecule has 0 unspecified atom stereocenters. The first-order valence-corrected chi connectivity index (χ1v) is 3.71. The van der Waals surface area contributed by atoms with Gasteiger partial charge in [-0.1, -0.05) is 6.07 Å². The van der Waals surface area contributed by atoms with Crippen molar-refractivity contribution in [2.24, 2.45) is 4.99 Å². The molecule has 74 valence electrons. The van der Waals surface area contributed by atoms with E-state index in [9.17, 15) is 18.0 Å². The van der Waals surface area contributed by atoms with Crippen molar-refractivity contribution in [1.29, 1.82) is 0 Å². The van der Waals surface area contributed by atoms with Crippen molar-refractivity contribution in [3.05, 3.63) is 29.6 Å². The Morgan fingerprint density at radius 2 is 2.07 bits per heavy atom. The van der Waals surface area contributed by atoms with Gasteiger partial charge in [0.25, 0.3) is 5.92 Å². The highest BCUT2D eigenvalue weighted by molar-refractivity contribution is 5.51. The van der Waals surface area contributed by atoms with Gasteiger partial charge in [0.2, 0.25) is 6.08 Å². The molecule has 0 aliphatic carbocycles. The molecule has 5 heteroatoms. The number of halogens is 3. The van der Waals surface area contributed by atoms with Gasteiger partial charge in [-0.05, 0) is 12.1 Å². The van der Waals surface area contributed by atoms with Crippen molar-refractivity contribution in [2.45, 2.75) is 12.8 Å². The van der Waals surface area contributed by atoms with Gasteiger partial charge in [0.15, 0.2) is 0 Å². The molecule has 0 aliphatic heterocycles. The summed E-state index contributed by atoms with van der Waals surface area (Å²) in [4.78, 5) is 12.8. The lowest BCUT2D eigenvalue weighted by Gasteiger charge is -2.10. The summed E-state index contributed by atoms with van der Waals surface area (Å²) >= 11 is 0. The lowest BCUT2D eigenvalue weighted by molar-refractivity contribution is 0.0174. The predicted molar refractivity (Wildman–Crippen MR) is 43.7 cm³/mol. The fourth-order valence-electron chi connectivity index (χ4n) is 0.921. The standard InChI is InChI=1S/C9H6F3NO/c1-9(11,12)6-2-3-7(10)8(4-6)13-5-14/h2-4H,1H3. The van der Waals surface area contributed by atoms with E-state index in [0.29, 0.717) is 6.92 Å². The maximum absolute atomic E-state index is 12.8. The second kappa shape index (κ2) is 3.64. The molecule has 0 saturated heterocycles. The number of aliphatic imine (C=N–C) groups is 1. The van der Waals surface area contributed by atoms with E-state index in [0.717, 1.165) is 24.3 Å². The SMILES string of the molecule is CC(F)(F)c1ccc(F)c(N=C=O)c1. The highest BCUT2D eigenvalue weighted by Crippen LogP contribution is 2.30. The molecule has 1 aromatic carbocycles. The summed E-state index contributed by atoms with van der Waals surface area (Å²) in [6.07, 6.45) is 1.09. The van der Waals surface area contributed by atoms with E-state index in [2.05, 4.69) is 4.99 Å². The smallest absolute Gasteiger partial charge is 0.211 e. The van der Waals surface area contributed by atoms with E-state index in [1.54, 1.807) is 0 Å². The Labute approximate surface area is 78.1 Å². The van der Waals surface area contributed by atoms with Crippen LogP contribution in [0.2, 0.25) is 0 Å². The van der Waals surface area contributed by atoms with Crippen LogP contribution in [-0.4, -0.2) is 6.08 Å². The molecule has 0 amide bonds. The Hall–Kier alpha value is -1.61. The van der Waals surface area contributed by atoms with Crippen LogP contribution in [0.25, 0.3) is 0 Å². The van der Waals surface area contributed by atoms with Gasteiger partial charge in [0.05, 0.1) is 0 Å². The maximum Gasteiger partial charge on any atom is 0.270 e. The number of hydrogen-bond acceptors (Lipinski definition) is 2. The quantitative estimate of drug-likeness (QED) is 0.534. The molecular weight excluding hydrogens is 195 g/mol. The molecule has 0 spiro atoms. The van der Waals surface area contributed by atoms with E-state index >= 15 is 0 Å². The summed E-state index contributed by atoms with van der Waals surface area (Å²) < 4.78 is 38.3. The van der Waals surface area contributed by atoms with Crippen LogP contribution in [0.15, 0.2) is 23.2 Å².